The standard InChI is InChI=1S/C20H21N5O/c1-12(2)19-23-18(25(24-19)17-8-9-21-11-13(17)3)10-16-14-6-4-5-7-15(14)20(26)22-16/h4-9,11-12,16H,10H2,1-3H3,(H,22,26). The first kappa shape index (κ1) is 16.4. The van der Waals surface area contributed by atoms with Gasteiger partial charge in [-0.2, -0.15) is 5.10 Å². The Labute approximate surface area is 152 Å². The van der Waals surface area contributed by atoms with Gasteiger partial charge in [0.05, 0.1) is 11.7 Å². The van der Waals surface area contributed by atoms with Crippen LogP contribution in [0.25, 0.3) is 5.69 Å². The Morgan fingerprint density at radius 2 is 2.04 bits per heavy atom. The molecular formula is C20H21N5O. The van der Waals surface area contributed by atoms with Crippen LogP contribution in [-0.2, 0) is 6.42 Å². The Balaban J connectivity index is 1.75. The third-order valence-electron chi connectivity index (χ3n) is 4.70. The maximum absolute atomic E-state index is 12.2. The number of hydrogen-bond acceptors (Lipinski definition) is 4. The molecule has 1 unspecified atom stereocenters. The molecular weight excluding hydrogens is 326 g/mol. The maximum atomic E-state index is 12.2. The summed E-state index contributed by atoms with van der Waals surface area (Å²) in [5.74, 6) is 1.84. The van der Waals surface area contributed by atoms with Crippen LogP contribution in [0.1, 0.15) is 58.9 Å². The molecule has 1 aliphatic rings. The summed E-state index contributed by atoms with van der Waals surface area (Å²) < 4.78 is 1.89. The molecule has 1 atom stereocenters. The molecule has 0 fully saturated rings. The predicted octanol–water partition coefficient (Wildman–Crippen LogP) is 3.12. The lowest BCUT2D eigenvalue weighted by molar-refractivity contribution is 0.0956. The molecule has 0 saturated carbocycles. The molecule has 1 amide bonds. The van der Waals surface area contributed by atoms with Crippen molar-refractivity contribution in [3.63, 3.8) is 0 Å². The fraction of sp³-hybridized carbons (Fsp3) is 0.300. The number of carbonyl (C=O) groups excluding carboxylic acids is 1. The first-order chi connectivity index (χ1) is 12.5. The van der Waals surface area contributed by atoms with Gasteiger partial charge in [-0.1, -0.05) is 32.0 Å². The average molecular weight is 347 g/mol. The minimum absolute atomic E-state index is 0.0270. The number of pyridine rings is 1. The number of hydrogen-bond donors (Lipinski definition) is 1. The first-order valence-corrected chi connectivity index (χ1v) is 8.81. The van der Waals surface area contributed by atoms with Gasteiger partial charge in [-0.05, 0) is 30.2 Å². The quantitative estimate of drug-likeness (QED) is 0.787. The van der Waals surface area contributed by atoms with Gasteiger partial charge < -0.3 is 5.32 Å². The van der Waals surface area contributed by atoms with Gasteiger partial charge in [-0.3, -0.25) is 9.78 Å². The Morgan fingerprint density at radius 1 is 1.23 bits per heavy atom. The van der Waals surface area contributed by atoms with Crippen molar-refractivity contribution in [2.75, 3.05) is 0 Å². The summed E-state index contributed by atoms with van der Waals surface area (Å²) in [4.78, 5) is 21.2. The molecule has 26 heavy (non-hydrogen) atoms. The lowest BCUT2D eigenvalue weighted by Gasteiger charge is -2.13. The minimum atomic E-state index is -0.0937. The summed E-state index contributed by atoms with van der Waals surface area (Å²) in [5.41, 5.74) is 3.76. The van der Waals surface area contributed by atoms with E-state index in [1.807, 2.05) is 48.1 Å². The van der Waals surface area contributed by atoms with Gasteiger partial charge in [0.2, 0.25) is 0 Å². The van der Waals surface area contributed by atoms with Crippen molar-refractivity contribution in [3.05, 3.63) is 71.1 Å². The van der Waals surface area contributed by atoms with E-state index in [0.29, 0.717) is 6.42 Å². The largest absolute Gasteiger partial charge is 0.345 e. The Kier molecular flexibility index (Phi) is 4.03. The molecule has 0 aliphatic carbocycles. The molecule has 4 rings (SSSR count). The topological polar surface area (TPSA) is 72.7 Å². The molecule has 132 valence electrons. The molecule has 0 radical (unpaired) electrons. The van der Waals surface area contributed by atoms with Crippen molar-refractivity contribution in [2.24, 2.45) is 0 Å². The number of aromatic nitrogens is 4. The van der Waals surface area contributed by atoms with E-state index >= 15 is 0 Å². The number of benzene rings is 1. The van der Waals surface area contributed by atoms with E-state index in [1.165, 1.54) is 0 Å². The van der Waals surface area contributed by atoms with Gasteiger partial charge in [-0.15, -0.1) is 0 Å². The van der Waals surface area contributed by atoms with Crippen molar-refractivity contribution >= 4 is 5.91 Å². The lowest BCUT2D eigenvalue weighted by Crippen LogP contribution is -2.22. The van der Waals surface area contributed by atoms with Crippen molar-refractivity contribution in [2.45, 2.75) is 39.2 Å². The van der Waals surface area contributed by atoms with Crippen LogP contribution >= 0.6 is 0 Å². The smallest absolute Gasteiger partial charge is 0.252 e. The van der Waals surface area contributed by atoms with E-state index in [-0.39, 0.29) is 17.9 Å². The highest BCUT2D eigenvalue weighted by molar-refractivity contribution is 5.99. The molecule has 2 aromatic heterocycles. The van der Waals surface area contributed by atoms with Crippen molar-refractivity contribution in [1.82, 2.24) is 25.1 Å². The maximum Gasteiger partial charge on any atom is 0.252 e. The molecule has 1 aromatic carbocycles. The molecule has 3 aromatic rings. The van der Waals surface area contributed by atoms with E-state index in [9.17, 15) is 4.79 Å². The number of amides is 1. The van der Waals surface area contributed by atoms with Gasteiger partial charge in [0, 0.05) is 30.3 Å². The number of fused-ring (bicyclic) bond motifs is 1. The van der Waals surface area contributed by atoms with Crippen LogP contribution in [0.2, 0.25) is 0 Å². The van der Waals surface area contributed by atoms with Gasteiger partial charge in [0.15, 0.2) is 5.82 Å². The molecule has 6 heteroatoms. The zero-order valence-electron chi connectivity index (χ0n) is 15.1. The van der Waals surface area contributed by atoms with E-state index in [4.69, 9.17) is 10.1 Å². The number of rotatable bonds is 4. The molecule has 0 bridgehead atoms. The summed E-state index contributed by atoms with van der Waals surface area (Å²) in [6, 6.07) is 9.56. The van der Waals surface area contributed by atoms with Crippen molar-refractivity contribution in [1.29, 1.82) is 0 Å². The SMILES string of the molecule is Cc1cnccc1-n1nc(C(C)C)nc1CC1NC(=O)c2ccccc21. The lowest BCUT2D eigenvalue weighted by atomic mass is 10.0. The fourth-order valence-corrected chi connectivity index (χ4v) is 3.30. The normalized spacial score (nSPS) is 16.0. The molecule has 1 N–H and O–H groups in total. The first-order valence-electron chi connectivity index (χ1n) is 8.81. The van der Waals surface area contributed by atoms with Gasteiger partial charge in [-0.25, -0.2) is 9.67 Å². The zero-order valence-corrected chi connectivity index (χ0v) is 15.1. The van der Waals surface area contributed by atoms with Crippen LogP contribution in [0.4, 0.5) is 0 Å². The summed E-state index contributed by atoms with van der Waals surface area (Å²) in [6.07, 6.45) is 4.17. The Hall–Kier alpha value is -3.02. The van der Waals surface area contributed by atoms with E-state index in [0.717, 1.165) is 34.0 Å². The fourth-order valence-electron chi connectivity index (χ4n) is 3.30. The second kappa shape index (κ2) is 6.37. The van der Waals surface area contributed by atoms with E-state index < -0.39 is 0 Å². The monoisotopic (exact) mass is 347 g/mol. The molecule has 0 saturated heterocycles. The number of aryl methyl sites for hydroxylation is 1. The molecule has 1 aliphatic heterocycles. The summed E-state index contributed by atoms with van der Waals surface area (Å²) in [6.45, 7) is 6.17. The molecule has 3 heterocycles. The van der Waals surface area contributed by atoms with Crippen molar-refractivity contribution < 1.29 is 4.79 Å². The van der Waals surface area contributed by atoms with Gasteiger partial charge in [0.1, 0.15) is 5.82 Å². The van der Waals surface area contributed by atoms with Crippen LogP contribution in [-0.4, -0.2) is 25.7 Å². The van der Waals surface area contributed by atoms with E-state index in [1.54, 1.807) is 6.20 Å². The number of nitrogens with zero attached hydrogens (tertiary/aromatic N) is 4. The van der Waals surface area contributed by atoms with Gasteiger partial charge >= 0.3 is 0 Å². The van der Waals surface area contributed by atoms with Crippen molar-refractivity contribution in [3.8, 4) is 5.69 Å². The third-order valence-corrected chi connectivity index (χ3v) is 4.70. The summed E-state index contributed by atoms with van der Waals surface area (Å²) in [5, 5.41) is 7.79. The van der Waals surface area contributed by atoms with E-state index in [2.05, 4.69) is 24.1 Å². The third kappa shape index (κ3) is 2.77. The highest BCUT2D eigenvalue weighted by atomic mass is 16.2. The predicted molar refractivity (Wildman–Crippen MR) is 98.3 cm³/mol. The summed E-state index contributed by atoms with van der Waals surface area (Å²) in [7, 11) is 0. The number of nitrogens with one attached hydrogen (secondary N) is 1. The van der Waals surface area contributed by atoms with Crippen LogP contribution < -0.4 is 5.32 Å². The number of carbonyl (C=O) groups is 1. The van der Waals surface area contributed by atoms with Gasteiger partial charge in [0.25, 0.3) is 5.91 Å². The van der Waals surface area contributed by atoms with Crippen LogP contribution in [0.5, 0.6) is 0 Å². The highest BCUT2D eigenvalue weighted by Crippen LogP contribution is 2.29. The Bertz CT molecular complexity index is 976. The Morgan fingerprint density at radius 3 is 2.81 bits per heavy atom. The highest BCUT2D eigenvalue weighted by Gasteiger charge is 2.30. The second-order valence-electron chi connectivity index (χ2n) is 6.93. The van der Waals surface area contributed by atoms with Crippen LogP contribution in [0.15, 0.2) is 42.7 Å². The molecule has 6 nitrogen and oxygen atoms in total. The zero-order chi connectivity index (χ0) is 18.3. The minimum Gasteiger partial charge on any atom is -0.345 e. The van der Waals surface area contributed by atoms with Crippen LogP contribution in [0.3, 0.4) is 0 Å². The molecule has 0 spiro atoms. The van der Waals surface area contributed by atoms with Crippen LogP contribution in [0, 0.1) is 6.92 Å². The summed E-state index contributed by atoms with van der Waals surface area (Å²) >= 11 is 0. The average Bonchev–Trinajstić information content (AvgIpc) is 3.18. The second-order valence-corrected chi connectivity index (χ2v) is 6.93.